The number of rotatable bonds is 3. The molecule has 0 bridgehead atoms. The van der Waals surface area contributed by atoms with E-state index < -0.39 is 0 Å². The molecule has 6 nitrogen and oxygen atoms in total. The first-order valence-electron chi connectivity index (χ1n) is 5.25. The van der Waals surface area contributed by atoms with Crippen molar-refractivity contribution in [3.63, 3.8) is 0 Å². The number of anilines is 1. The van der Waals surface area contributed by atoms with E-state index in [0.29, 0.717) is 17.9 Å². The summed E-state index contributed by atoms with van der Waals surface area (Å²) in [5.74, 6) is -0.200. The van der Waals surface area contributed by atoms with Crippen LogP contribution in [0.1, 0.15) is 17.4 Å². The SMILES string of the molecule is CCNC(=O)c1cc(-n2cc(N)cn2)ccn1. The molecule has 2 rings (SSSR count). The van der Waals surface area contributed by atoms with Crippen LogP contribution in [0, 0.1) is 0 Å². The largest absolute Gasteiger partial charge is 0.396 e. The number of carbonyl (C=O) groups excluding carboxylic acids is 1. The lowest BCUT2D eigenvalue weighted by Crippen LogP contribution is -2.23. The van der Waals surface area contributed by atoms with Gasteiger partial charge in [0.25, 0.3) is 5.91 Å². The molecule has 1 amide bonds. The molecular weight excluding hydrogens is 218 g/mol. The molecule has 88 valence electrons. The van der Waals surface area contributed by atoms with Crippen molar-refractivity contribution in [3.05, 3.63) is 36.4 Å². The number of amides is 1. The van der Waals surface area contributed by atoms with Gasteiger partial charge in [0.2, 0.25) is 0 Å². The van der Waals surface area contributed by atoms with Gasteiger partial charge in [0, 0.05) is 12.7 Å². The van der Waals surface area contributed by atoms with Crippen LogP contribution >= 0.6 is 0 Å². The van der Waals surface area contributed by atoms with Crippen molar-refractivity contribution < 1.29 is 4.79 Å². The second kappa shape index (κ2) is 4.65. The van der Waals surface area contributed by atoms with Crippen molar-refractivity contribution in [2.45, 2.75) is 6.92 Å². The van der Waals surface area contributed by atoms with Gasteiger partial charge in [-0.25, -0.2) is 4.68 Å². The van der Waals surface area contributed by atoms with Gasteiger partial charge in [-0.1, -0.05) is 0 Å². The summed E-state index contributed by atoms with van der Waals surface area (Å²) in [7, 11) is 0. The number of hydrogen-bond acceptors (Lipinski definition) is 4. The Labute approximate surface area is 98.5 Å². The molecule has 6 heteroatoms. The molecule has 2 aromatic heterocycles. The monoisotopic (exact) mass is 231 g/mol. The van der Waals surface area contributed by atoms with Crippen LogP contribution in [0.25, 0.3) is 5.69 Å². The summed E-state index contributed by atoms with van der Waals surface area (Å²) in [6.45, 7) is 2.43. The molecule has 2 heterocycles. The van der Waals surface area contributed by atoms with Crippen LogP contribution in [-0.2, 0) is 0 Å². The minimum absolute atomic E-state index is 0.200. The van der Waals surface area contributed by atoms with Crippen molar-refractivity contribution >= 4 is 11.6 Å². The maximum atomic E-state index is 11.6. The fourth-order valence-corrected chi connectivity index (χ4v) is 1.42. The van der Waals surface area contributed by atoms with Gasteiger partial charge in [-0.3, -0.25) is 9.78 Å². The normalized spacial score (nSPS) is 10.2. The molecule has 3 N–H and O–H groups in total. The smallest absolute Gasteiger partial charge is 0.269 e. The third kappa shape index (κ3) is 2.41. The zero-order chi connectivity index (χ0) is 12.3. The predicted molar refractivity (Wildman–Crippen MR) is 63.8 cm³/mol. The maximum absolute atomic E-state index is 11.6. The quantitative estimate of drug-likeness (QED) is 0.809. The standard InChI is InChI=1S/C11H13N5O/c1-2-13-11(17)10-5-9(3-4-14-10)16-7-8(12)6-15-16/h3-7H,2,12H2,1H3,(H,13,17). The van der Waals surface area contributed by atoms with Crippen molar-refractivity contribution in [1.29, 1.82) is 0 Å². The zero-order valence-electron chi connectivity index (χ0n) is 9.42. The Bertz CT molecular complexity index is 534. The summed E-state index contributed by atoms with van der Waals surface area (Å²) >= 11 is 0. The van der Waals surface area contributed by atoms with Gasteiger partial charge in [0.15, 0.2) is 0 Å². The van der Waals surface area contributed by atoms with E-state index in [0.717, 1.165) is 5.69 Å². The third-order valence-electron chi connectivity index (χ3n) is 2.18. The minimum atomic E-state index is -0.200. The second-order valence-electron chi connectivity index (χ2n) is 3.48. The molecular formula is C11H13N5O. The van der Waals surface area contributed by atoms with Crippen LogP contribution < -0.4 is 11.1 Å². The molecule has 2 aromatic rings. The molecule has 0 saturated carbocycles. The van der Waals surface area contributed by atoms with Crippen LogP contribution in [0.3, 0.4) is 0 Å². The van der Waals surface area contributed by atoms with Gasteiger partial charge in [0.05, 0.1) is 23.8 Å². The molecule has 0 unspecified atom stereocenters. The average molecular weight is 231 g/mol. The van der Waals surface area contributed by atoms with Crippen molar-refractivity contribution in [3.8, 4) is 5.69 Å². The van der Waals surface area contributed by atoms with Gasteiger partial charge in [-0.05, 0) is 19.1 Å². The van der Waals surface area contributed by atoms with E-state index in [2.05, 4.69) is 15.4 Å². The van der Waals surface area contributed by atoms with E-state index >= 15 is 0 Å². The van der Waals surface area contributed by atoms with E-state index in [1.807, 2.05) is 6.92 Å². The lowest BCUT2D eigenvalue weighted by molar-refractivity contribution is 0.0951. The fourth-order valence-electron chi connectivity index (χ4n) is 1.42. The summed E-state index contributed by atoms with van der Waals surface area (Å²) in [6.07, 6.45) is 4.79. The molecule has 0 aromatic carbocycles. The van der Waals surface area contributed by atoms with Crippen LogP contribution in [-0.4, -0.2) is 27.2 Å². The lowest BCUT2D eigenvalue weighted by Gasteiger charge is -2.04. The molecule has 17 heavy (non-hydrogen) atoms. The Hall–Kier alpha value is -2.37. The topological polar surface area (TPSA) is 85.8 Å². The number of hydrogen-bond donors (Lipinski definition) is 2. The Morgan fingerprint density at radius 3 is 3.06 bits per heavy atom. The molecule has 0 aliphatic carbocycles. The van der Waals surface area contributed by atoms with Gasteiger partial charge in [-0.15, -0.1) is 0 Å². The number of carbonyl (C=O) groups is 1. The van der Waals surface area contributed by atoms with Crippen LogP contribution in [0.4, 0.5) is 5.69 Å². The van der Waals surface area contributed by atoms with E-state index in [4.69, 9.17) is 5.73 Å². The number of aromatic nitrogens is 3. The average Bonchev–Trinajstić information content (AvgIpc) is 2.76. The van der Waals surface area contributed by atoms with Gasteiger partial charge in [-0.2, -0.15) is 5.10 Å². The molecule has 0 aliphatic heterocycles. The van der Waals surface area contributed by atoms with Crippen LogP contribution in [0.2, 0.25) is 0 Å². The highest BCUT2D eigenvalue weighted by atomic mass is 16.1. The highest BCUT2D eigenvalue weighted by Gasteiger charge is 2.07. The summed E-state index contributed by atoms with van der Waals surface area (Å²) in [6, 6.07) is 3.42. The molecule has 0 aliphatic rings. The summed E-state index contributed by atoms with van der Waals surface area (Å²) < 4.78 is 1.60. The number of pyridine rings is 1. The van der Waals surface area contributed by atoms with Gasteiger partial charge in [0.1, 0.15) is 5.69 Å². The Balaban J connectivity index is 2.31. The number of nitrogen functional groups attached to an aromatic ring is 1. The van der Waals surface area contributed by atoms with Crippen molar-refractivity contribution in [2.24, 2.45) is 0 Å². The zero-order valence-corrected chi connectivity index (χ0v) is 9.42. The molecule has 0 fully saturated rings. The number of nitrogens with one attached hydrogen (secondary N) is 1. The first-order chi connectivity index (χ1) is 8.20. The first kappa shape index (κ1) is 11.1. The summed E-state index contributed by atoms with van der Waals surface area (Å²) in [5.41, 5.74) is 7.26. The lowest BCUT2D eigenvalue weighted by atomic mass is 10.3. The first-order valence-corrected chi connectivity index (χ1v) is 5.25. The van der Waals surface area contributed by atoms with Gasteiger partial charge >= 0.3 is 0 Å². The second-order valence-corrected chi connectivity index (χ2v) is 3.48. The van der Waals surface area contributed by atoms with Crippen LogP contribution in [0.5, 0.6) is 0 Å². The molecule has 0 radical (unpaired) electrons. The Kier molecular flexibility index (Phi) is 3.04. The highest BCUT2D eigenvalue weighted by molar-refractivity contribution is 5.92. The minimum Gasteiger partial charge on any atom is -0.396 e. The maximum Gasteiger partial charge on any atom is 0.269 e. The molecule has 0 spiro atoms. The van der Waals surface area contributed by atoms with E-state index in [1.54, 1.807) is 35.4 Å². The number of nitrogens with zero attached hydrogens (tertiary/aromatic N) is 3. The predicted octanol–water partition coefficient (Wildman–Crippen LogP) is 0.599. The van der Waals surface area contributed by atoms with E-state index in [9.17, 15) is 4.79 Å². The van der Waals surface area contributed by atoms with Crippen molar-refractivity contribution in [1.82, 2.24) is 20.1 Å². The fraction of sp³-hybridized carbons (Fsp3) is 0.182. The third-order valence-corrected chi connectivity index (χ3v) is 2.18. The van der Waals surface area contributed by atoms with Crippen LogP contribution in [0.15, 0.2) is 30.7 Å². The van der Waals surface area contributed by atoms with Crippen molar-refractivity contribution in [2.75, 3.05) is 12.3 Å². The van der Waals surface area contributed by atoms with E-state index in [1.165, 1.54) is 0 Å². The summed E-state index contributed by atoms with van der Waals surface area (Å²) in [4.78, 5) is 15.6. The highest BCUT2D eigenvalue weighted by Crippen LogP contribution is 2.09. The van der Waals surface area contributed by atoms with Gasteiger partial charge < -0.3 is 11.1 Å². The molecule has 0 atom stereocenters. The Morgan fingerprint density at radius 1 is 1.59 bits per heavy atom. The summed E-state index contributed by atoms with van der Waals surface area (Å²) in [5, 5.41) is 6.75. The Morgan fingerprint density at radius 2 is 2.41 bits per heavy atom. The van der Waals surface area contributed by atoms with E-state index in [-0.39, 0.29) is 5.91 Å². The number of nitrogens with two attached hydrogens (primary N) is 1. The molecule has 0 saturated heterocycles.